The maximum absolute atomic E-state index is 13.3. The van der Waals surface area contributed by atoms with E-state index in [0.29, 0.717) is 13.0 Å². The predicted octanol–water partition coefficient (Wildman–Crippen LogP) is 2.56. The molecule has 1 N–H and O–H groups in total. The molecule has 1 aromatic heterocycles. The molecule has 0 aliphatic heterocycles. The van der Waals surface area contributed by atoms with Crippen LogP contribution in [0.25, 0.3) is 0 Å². The highest BCUT2D eigenvalue weighted by Gasteiger charge is 2.10. The molecule has 0 aliphatic carbocycles. The molecule has 0 fully saturated rings. The van der Waals surface area contributed by atoms with Crippen molar-refractivity contribution in [2.24, 2.45) is 0 Å². The van der Waals surface area contributed by atoms with Gasteiger partial charge in [-0.25, -0.2) is 9.37 Å². The molecule has 94 valence electrons. The number of halogens is 1. The Morgan fingerprint density at radius 1 is 1.44 bits per heavy atom. The summed E-state index contributed by atoms with van der Waals surface area (Å²) in [7, 11) is 0. The number of aromatic nitrogens is 1. The van der Waals surface area contributed by atoms with E-state index < -0.39 is 5.82 Å². The van der Waals surface area contributed by atoms with Gasteiger partial charge < -0.3 is 5.32 Å². The lowest BCUT2D eigenvalue weighted by Crippen LogP contribution is -2.26. The number of carbonyl (C=O) groups excluding carboxylic acids is 1. The molecule has 0 bridgehead atoms. The van der Waals surface area contributed by atoms with Crippen LogP contribution in [0.3, 0.4) is 0 Å². The number of thiazole rings is 1. The van der Waals surface area contributed by atoms with Gasteiger partial charge in [-0.1, -0.05) is 12.1 Å². The average Bonchev–Trinajstić information content (AvgIpc) is 2.75. The topological polar surface area (TPSA) is 42.0 Å². The van der Waals surface area contributed by atoms with Gasteiger partial charge in [-0.3, -0.25) is 4.79 Å². The Balaban J connectivity index is 1.87. The first-order valence-electron chi connectivity index (χ1n) is 5.60. The second kappa shape index (κ2) is 5.73. The number of hydrogen-bond donors (Lipinski definition) is 1. The van der Waals surface area contributed by atoms with Crippen molar-refractivity contribution in [3.8, 4) is 0 Å². The van der Waals surface area contributed by atoms with Gasteiger partial charge in [-0.05, 0) is 19.1 Å². The number of benzene rings is 1. The number of hydrogen-bond acceptors (Lipinski definition) is 3. The molecule has 5 heteroatoms. The zero-order chi connectivity index (χ0) is 13.0. The fourth-order valence-electron chi connectivity index (χ4n) is 1.54. The van der Waals surface area contributed by atoms with Gasteiger partial charge in [0, 0.05) is 24.0 Å². The average molecular weight is 264 g/mol. The first kappa shape index (κ1) is 12.7. The maximum Gasteiger partial charge on any atom is 0.254 e. The molecule has 0 saturated heterocycles. The van der Waals surface area contributed by atoms with Gasteiger partial charge in [0.25, 0.3) is 5.91 Å². The molecule has 0 radical (unpaired) electrons. The van der Waals surface area contributed by atoms with Crippen molar-refractivity contribution >= 4 is 17.2 Å². The summed E-state index contributed by atoms with van der Waals surface area (Å²) in [6.07, 6.45) is 0.665. The van der Waals surface area contributed by atoms with Crippen molar-refractivity contribution in [3.63, 3.8) is 0 Å². The normalized spacial score (nSPS) is 10.3. The quantitative estimate of drug-likeness (QED) is 0.922. The van der Waals surface area contributed by atoms with Crippen LogP contribution in [-0.4, -0.2) is 17.4 Å². The Kier molecular flexibility index (Phi) is 4.04. The molecule has 0 saturated carbocycles. The second-order valence-electron chi connectivity index (χ2n) is 3.87. The van der Waals surface area contributed by atoms with E-state index in [-0.39, 0.29) is 11.5 Å². The summed E-state index contributed by atoms with van der Waals surface area (Å²) in [4.78, 5) is 16.0. The summed E-state index contributed by atoms with van der Waals surface area (Å²) in [5.74, 6) is -0.888. The molecule has 1 heterocycles. The van der Waals surface area contributed by atoms with Crippen LogP contribution in [-0.2, 0) is 6.42 Å². The van der Waals surface area contributed by atoms with Crippen LogP contribution in [0.5, 0.6) is 0 Å². The summed E-state index contributed by atoms with van der Waals surface area (Å²) in [5, 5.41) is 5.62. The molecule has 3 nitrogen and oxygen atoms in total. The van der Waals surface area contributed by atoms with E-state index in [9.17, 15) is 9.18 Å². The first-order chi connectivity index (χ1) is 8.66. The van der Waals surface area contributed by atoms with Crippen LogP contribution >= 0.6 is 11.3 Å². The molecule has 2 aromatic rings. The van der Waals surface area contributed by atoms with Gasteiger partial charge in [-0.2, -0.15) is 0 Å². The third-order valence-electron chi connectivity index (χ3n) is 2.41. The van der Waals surface area contributed by atoms with Gasteiger partial charge in [0.15, 0.2) is 0 Å². The number of rotatable bonds is 4. The molecule has 2 rings (SSSR count). The van der Waals surface area contributed by atoms with Crippen molar-refractivity contribution in [1.82, 2.24) is 10.3 Å². The van der Waals surface area contributed by atoms with E-state index >= 15 is 0 Å². The van der Waals surface area contributed by atoms with Gasteiger partial charge in [0.05, 0.1) is 10.6 Å². The van der Waals surface area contributed by atoms with E-state index in [1.807, 2.05) is 12.3 Å². The van der Waals surface area contributed by atoms with Gasteiger partial charge in [0.2, 0.25) is 0 Å². The van der Waals surface area contributed by atoms with Gasteiger partial charge >= 0.3 is 0 Å². The Hall–Kier alpha value is -1.75. The summed E-state index contributed by atoms with van der Waals surface area (Å²) in [6.45, 7) is 2.39. The fourth-order valence-corrected chi connectivity index (χ4v) is 2.32. The highest BCUT2D eigenvalue weighted by molar-refractivity contribution is 7.09. The maximum atomic E-state index is 13.3. The highest BCUT2D eigenvalue weighted by Crippen LogP contribution is 2.09. The molecule has 18 heavy (non-hydrogen) atoms. The molecule has 1 aromatic carbocycles. The predicted molar refractivity (Wildman–Crippen MR) is 69.3 cm³/mol. The Labute approximate surface area is 109 Å². The minimum absolute atomic E-state index is 0.0767. The van der Waals surface area contributed by atoms with Crippen LogP contribution in [0.1, 0.15) is 21.1 Å². The molecular weight excluding hydrogens is 251 g/mol. The lowest BCUT2D eigenvalue weighted by Gasteiger charge is -2.04. The summed E-state index contributed by atoms with van der Waals surface area (Å²) < 4.78 is 13.3. The smallest absolute Gasteiger partial charge is 0.254 e. The van der Waals surface area contributed by atoms with Crippen molar-refractivity contribution in [2.45, 2.75) is 13.3 Å². The number of carbonyl (C=O) groups is 1. The van der Waals surface area contributed by atoms with Gasteiger partial charge in [0.1, 0.15) is 5.82 Å². The minimum atomic E-state index is -0.500. The van der Waals surface area contributed by atoms with E-state index in [1.54, 1.807) is 23.5 Å². The summed E-state index contributed by atoms with van der Waals surface area (Å²) >= 11 is 1.56. The number of amides is 1. The first-order valence-corrected chi connectivity index (χ1v) is 6.48. The third kappa shape index (κ3) is 3.13. The molecule has 0 spiro atoms. The van der Waals surface area contributed by atoms with Crippen LogP contribution in [0, 0.1) is 12.7 Å². The minimum Gasteiger partial charge on any atom is -0.352 e. The molecule has 1 amide bonds. The number of nitrogens with zero attached hydrogens (tertiary/aromatic N) is 1. The highest BCUT2D eigenvalue weighted by atomic mass is 32.1. The Bertz CT molecular complexity index is 553. The number of nitrogens with one attached hydrogen (secondary N) is 1. The monoisotopic (exact) mass is 264 g/mol. The van der Waals surface area contributed by atoms with Crippen LogP contribution in [0.4, 0.5) is 4.39 Å². The Morgan fingerprint density at radius 3 is 2.89 bits per heavy atom. The van der Waals surface area contributed by atoms with Crippen molar-refractivity contribution in [2.75, 3.05) is 6.54 Å². The largest absolute Gasteiger partial charge is 0.352 e. The van der Waals surface area contributed by atoms with E-state index in [0.717, 1.165) is 10.7 Å². The lowest BCUT2D eigenvalue weighted by atomic mass is 10.2. The van der Waals surface area contributed by atoms with Crippen molar-refractivity contribution < 1.29 is 9.18 Å². The van der Waals surface area contributed by atoms with E-state index in [1.165, 1.54) is 12.1 Å². The lowest BCUT2D eigenvalue weighted by molar-refractivity contribution is 0.0950. The summed E-state index contributed by atoms with van der Waals surface area (Å²) in [6, 6.07) is 5.95. The van der Waals surface area contributed by atoms with Crippen LogP contribution < -0.4 is 5.32 Å². The summed E-state index contributed by atoms with van der Waals surface area (Å²) in [5.41, 5.74) is 1.06. The van der Waals surface area contributed by atoms with Crippen molar-refractivity contribution in [3.05, 3.63) is 51.7 Å². The van der Waals surface area contributed by atoms with E-state index in [2.05, 4.69) is 10.3 Å². The standard InChI is InChI=1S/C13H13FN2OS/c1-9-8-18-12(16-9)6-7-15-13(17)10-4-2-3-5-11(10)14/h2-5,8H,6-7H2,1H3,(H,15,17). The van der Waals surface area contributed by atoms with Gasteiger partial charge in [-0.15, -0.1) is 11.3 Å². The zero-order valence-corrected chi connectivity index (χ0v) is 10.8. The zero-order valence-electron chi connectivity index (χ0n) is 9.94. The van der Waals surface area contributed by atoms with Crippen LogP contribution in [0.15, 0.2) is 29.6 Å². The molecular formula is C13H13FN2OS. The third-order valence-corrected chi connectivity index (χ3v) is 3.44. The second-order valence-corrected chi connectivity index (χ2v) is 4.81. The number of aryl methyl sites for hydroxylation is 1. The fraction of sp³-hybridized carbons (Fsp3) is 0.231. The molecule has 0 atom stereocenters. The Morgan fingerprint density at radius 2 is 2.22 bits per heavy atom. The van der Waals surface area contributed by atoms with Crippen molar-refractivity contribution in [1.29, 1.82) is 0 Å². The van der Waals surface area contributed by atoms with Crippen LogP contribution in [0.2, 0.25) is 0 Å². The molecule has 0 aliphatic rings. The molecule has 0 unspecified atom stereocenters. The van der Waals surface area contributed by atoms with E-state index in [4.69, 9.17) is 0 Å². The SMILES string of the molecule is Cc1csc(CCNC(=O)c2ccccc2F)n1.